The molecule has 3 amide bonds. The summed E-state index contributed by atoms with van der Waals surface area (Å²) >= 11 is -3.29. The number of rotatable bonds is 11. The topological polar surface area (TPSA) is 119 Å². The summed E-state index contributed by atoms with van der Waals surface area (Å²) in [5, 5.41) is 5.75. The molecule has 2 saturated heterocycles. The summed E-state index contributed by atoms with van der Waals surface area (Å²) in [6.07, 6.45) is 4.65. The molecule has 2 N–H and O–H groups in total. The van der Waals surface area contributed by atoms with Crippen LogP contribution in [0.25, 0.3) is 0 Å². The zero-order valence-corrected chi connectivity index (χ0v) is 46.6. The van der Waals surface area contributed by atoms with Crippen molar-refractivity contribution >= 4 is 75.2 Å². The predicted molar refractivity (Wildman–Crippen MR) is 245 cm³/mol. The first-order valence-corrected chi connectivity index (χ1v) is 32.5. The minimum absolute atomic E-state index is 0. The molecule has 2 aromatic rings. The fourth-order valence-electron chi connectivity index (χ4n) is 6.68. The number of nitrogens with zero attached hydrogens (tertiary/aromatic N) is 2. The molecule has 0 saturated carbocycles. The number of ether oxygens (including phenoxy) is 4. The van der Waals surface area contributed by atoms with E-state index in [9.17, 15) is 14.4 Å². The molecular formula is C43H69BrCl4MgN4O7Zr. The van der Waals surface area contributed by atoms with Gasteiger partial charge in [-0.3, -0.25) is 9.69 Å². The van der Waals surface area contributed by atoms with Crippen LogP contribution >= 0.6 is 34.1 Å². The first kappa shape index (κ1) is 62.4. The van der Waals surface area contributed by atoms with Crippen molar-refractivity contribution in [3.05, 3.63) is 67.1 Å². The Balaban J connectivity index is 0. The number of methoxy groups -OCH3 is 2. The molecule has 2 aliphatic rings. The van der Waals surface area contributed by atoms with E-state index in [1.54, 1.807) is 14.2 Å². The number of alkyl carbamates (subject to hydrolysis) is 2. The summed E-state index contributed by atoms with van der Waals surface area (Å²) in [4.78, 5) is 40.5. The number of carbonyl (C=O) groups is 3. The molecule has 2 aliphatic heterocycles. The third-order valence-electron chi connectivity index (χ3n) is 9.57. The average molecular weight is 1090 g/mol. The van der Waals surface area contributed by atoms with Crippen LogP contribution in [-0.2, 0) is 42.6 Å². The first-order valence-electron chi connectivity index (χ1n) is 19.8. The molecule has 61 heavy (non-hydrogen) atoms. The molecule has 0 bridgehead atoms. The Morgan fingerprint density at radius 2 is 1.07 bits per heavy atom. The number of nitrogens with one attached hydrogen (secondary N) is 2. The maximum Gasteiger partial charge on any atom is 2.00 e. The van der Waals surface area contributed by atoms with E-state index >= 15 is 0 Å². The number of likely N-dealkylation sites (tertiary alicyclic amines) is 2. The second kappa shape index (κ2) is 29.8. The quantitative estimate of drug-likeness (QED) is 0.181. The van der Waals surface area contributed by atoms with E-state index in [2.05, 4.69) is 47.6 Å². The van der Waals surface area contributed by atoms with Crippen LogP contribution in [-0.4, -0.2) is 121 Å². The van der Waals surface area contributed by atoms with Crippen LogP contribution in [0.4, 0.5) is 9.59 Å². The normalized spacial score (nSPS) is 15.0. The molecule has 0 aromatic heterocycles. The Hall–Kier alpha value is -0.701. The molecule has 0 atom stereocenters. The monoisotopic (exact) mass is 1090 g/mol. The van der Waals surface area contributed by atoms with E-state index in [4.69, 9.17) is 53.0 Å². The summed E-state index contributed by atoms with van der Waals surface area (Å²) in [5.41, 5.74) is 1.42. The summed E-state index contributed by atoms with van der Waals surface area (Å²) in [6.45, 7) is 20.7. The van der Waals surface area contributed by atoms with Gasteiger partial charge in [-0.25, -0.2) is 9.59 Å². The number of halogens is 5. The van der Waals surface area contributed by atoms with Crippen LogP contribution in [0.2, 0.25) is 0 Å². The van der Waals surface area contributed by atoms with Crippen LogP contribution < -0.4 is 37.1 Å². The zero-order valence-electron chi connectivity index (χ0n) is 38.1. The molecular weight excluding hydrogens is 1020 g/mol. The van der Waals surface area contributed by atoms with Gasteiger partial charge in [0, 0.05) is 31.7 Å². The van der Waals surface area contributed by atoms with Gasteiger partial charge in [-0.1, -0.05) is 24.3 Å². The van der Waals surface area contributed by atoms with Crippen LogP contribution in [0.3, 0.4) is 0 Å². The standard InChI is InChI=1S/C22H36N2O3.C20H30N2O4.CH3.BrH.4ClH.Mg.Zr/c1-21(2,3)27-20(25)23-16-17-10-12-24(13-11-17)22(4,5)15-18-8-7-9-19(14-18)26-6;1-20(2,3)26-19(24)21-14-15-8-10-22(11-9-15)18(23)13-16-6-5-7-17(12-16)25-4;;;;;;;;/h7-9,14,17H,10-13,15-16H2,1-6H3,(H,23,25);5-7,12,15H,8-11,13-14H2,1-4H3,(H,21,24);1H3;5*1H;;/q;;-1;;;;;;+2;+4/p-5. The molecule has 0 spiro atoms. The van der Waals surface area contributed by atoms with Gasteiger partial charge in [0.1, 0.15) is 22.7 Å². The second-order valence-corrected chi connectivity index (χ2v) is 39.7. The number of benzene rings is 2. The van der Waals surface area contributed by atoms with Crippen LogP contribution in [0.15, 0.2) is 48.5 Å². The summed E-state index contributed by atoms with van der Waals surface area (Å²) in [7, 11) is 23.5. The Morgan fingerprint density at radius 3 is 1.46 bits per heavy atom. The third kappa shape index (κ3) is 28.7. The number of hydrogen-bond acceptors (Lipinski definition) is 8. The third-order valence-corrected chi connectivity index (χ3v) is 9.57. The smallest absolute Gasteiger partial charge is 2.00 e. The summed E-state index contributed by atoms with van der Waals surface area (Å²) < 4.78 is 21.1. The molecule has 0 aliphatic carbocycles. The van der Waals surface area contributed by atoms with Crippen LogP contribution in [0, 0.1) is 19.3 Å². The van der Waals surface area contributed by atoms with Crippen molar-refractivity contribution in [2.45, 2.75) is 111 Å². The van der Waals surface area contributed by atoms with Crippen molar-refractivity contribution in [1.82, 2.24) is 20.4 Å². The minimum Gasteiger partial charge on any atom is 2.00 e. The largest absolute Gasteiger partial charge is 2.00 e. The molecule has 11 nitrogen and oxygen atoms in total. The van der Waals surface area contributed by atoms with Crippen LogP contribution in [0.5, 0.6) is 11.5 Å². The van der Waals surface area contributed by atoms with Gasteiger partial charge in [-0.15, -0.1) is 0 Å². The van der Waals surface area contributed by atoms with E-state index in [0.29, 0.717) is 31.3 Å². The maximum atomic E-state index is 12.5. The van der Waals surface area contributed by atoms with Gasteiger partial charge in [0.05, 0.1) is 20.6 Å². The van der Waals surface area contributed by atoms with E-state index in [0.717, 1.165) is 75.3 Å². The average Bonchev–Trinajstić information content (AvgIpc) is 3.11. The molecule has 18 heteroatoms. The van der Waals surface area contributed by atoms with Gasteiger partial charge >= 0.3 is 84.8 Å². The number of amides is 3. The molecule has 4 rings (SSSR count). The van der Waals surface area contributed by atoms with Gasteiger partial charge in [-0.2, -0.15) is 0 Å². The fourth-order valence-corrected chi connectivity index (χ4v) is 6.68. The van der Waals surface area contributed by atoms with Crippen molar-refractivity contribution in [3.63, 3.8) is 0 Å². The van der Waals surface area contributed by atoms with Crippen LogP contribution in [0.1, 0.15) is 92.2 Å². The molecule has 344 valence electrons. The Labute approximate surface area is 412 Å². The molecule has 2 heterocycles. The number of carbonyl (C=O) groups excluding carboxylic acids is 3. The van der Waals surface area contributed by atoms with Crippen molar-refractivity contribution < 1.29 is 65.8 Å². The first-order chi connectivity index (χ1) is 26.9. The van der Waals surface area contributed by atoms with Gasteiger partial charge in [0.25, 0.3) is 0 Å². The van der Waals surface area contributed by atoms with Crippen molar-refractivity contribution in [2.75, 3.05) is 53.5 Å². The van der Waals surface area contributed by atoms with Gasteiger partial charge in [0.15, 0.2) is 0 Å². The number of hydrogen-bond donors (Lipinski definition) is 2. The van der Waals surface area contributed by atoms with Gasteiger partial charge in [0.2, 0.25) is 5.91 Å². The molecule has 0 radical (unpaired) electrons. The second-order valence-electron chi connectivity index (χ2n) is 17.3. The number of piperidine rings is 2. The Morgan fingerprint density at radius 1 is 0.689 bits per heavy atom. The Bertz CT molecular complexity index is 1580. The predicted octanol–water partition coefficient (Wildman–Crippen LogP) is 7.08. The van der Waals surface area contributed by atoms with Gasteiger partial charge in [-0.05, 0) is 148 Å². The van der Waals surface area contributed by atoms with Crippen molar-refractivity contribution in [1.29, 1.82) is 0 Å². The van der Waals surface area contributed by atoms with Crippen molar-refractivity contribution in [2.24, 2.45) is 11.8 Å². The summed E-state index contributed by atoms with van der Waals surface area (Å²) in [5.74, 6) is 2.71. The fraction of sp³-hybridized carbons (Fsp3) is 0.628. The molecule has 0 unspecified atom stereocenters. The minimum atomic E-state index is -3.29. The van der Waals surface area contributed by atoms with Gasteiger partial charge < -0.3 is 58.9 Å². The Kier molecular flexibility index (Phi) is 30.4. The summed E-state index contributed by atoms with van der Waals surface area (Å²) in [6, 6.07) is 15.9. The van der Waals surface area contributed by atoms with E-state index in [1.165, 1.54) is 5.56 Å². The zero-order chi connectivity index (χ0) is 43.7. The van der Waals surface area contributed by atoms with E-state index in [1.807, 2.05) is 76.8 Å². The maximum absolute atomic E-state index is 12.5. The van der Waals surface area contributed by atoms with Crippen molar-refractivity contribution in [3.8, 4) is 11.5 Å². The SMILES string of the molecule is COc1cccc(CC(=O)N2CCC(CNC(=O)OC(C)(C)C)CC2)c1.COc1cccc(CC(C)(C)N2CCC(CNC(=O)OC(C)(C)C)CC2)c1.[Br-].[CH3-].[Cl][Zr]([Cl])([Cl])[Cl].[Mg+2]. The van der Waals surface area contributed by atoms with E-state index < -0.39 is 26.7 Å². The van der Waals surface area contributed by atoms with E-state index in [-0.39, 0.29) is 71.1 Å². The molecule has 2 aromatic carbocycles. The molecule has 2 fully saturated rings.